The number of carbonyl (C=O) groups excluding carboxylic acids is 2. The summed E-state index contributed by atoms with van der Waals surface area (Å²) in [5.41, 5.74) is 11.9. The summed E-state index contributed by atoms with van der Waals surface area (Å²) in [6.45, 7) is 1.88. The van der Waals surface area contributed by atoms with Crippen LogP contribution in [0.4, 0.5) is 5.82 Å². The van der Waals surface area contributed by atoms with E-state index in [0.717, 1.165) is 32.1 Å². The number of aliphatic hydroxyl groups is 1. The summed E-state index contributed by atoms with van der Waals surface area (Å²) >= 11 is 0. The molecule has 4 fully saturated rings. The molecule has 4 aliphatic carbocycles. The molecule has 1 aliphatic heterocycles. The number of rotatable bonds is 7. The van der Waals surface area contributed by atoms with E-state index in [0.29, 0.717) is 18.2 Å². The molecule has 2 heterocycles. The van der Waals surface area contributed by atoms with Gasteiger partial charge in [0.1, 0.15) is 25.3 Å². The molecule has 0 aromatic carbocycles. The lowest BCUT2D eigenvalue weighted by atomic mass is 9.42. The number of amides is 1. The van der Waals surface area contributed by atoms with Gasteiger partial charge < -0.3 is 30.9 Å². The molecule has 0 radical (unpaired) electrons. The molecule has 6 rings (SSSR count). The average molecular weight is 449 g/mol. The Morgan fingerprint density at radius 1 is 1.34 bits per heavy atom. The summed E-state index contributed by atoms with van der Waals surface area (Å²) in [6.07, 6.45) is 5.43. The summed E-state index contributed by atoms with van der Waals surface area (Å²) in [4.78, 5) is 29.2. The van der Waals surface area contributed by atoms with E-state index in [4.69, 9.17) is 20.9 Å². The van der Waals surface area contributed by atoms with E-state index < -0.39 is 17.8 Å². The minimum absolute atomic E-state index is 0.00924. The molecule has 32 heavy (non-hydrogen) atoms. The smallest absolute Gasteiger partial charge is 0.312 e. The highest BCUT2D eigenvalue weighted by atomic mass is 16.6. The van der Waals surface area contributed by atoms with E-state index in [1.807, 2.05) is 0 Å². The molecule has 6 unspecified atom stereocenters. The first-order valence-corrected chi connectivity index (χ1v) is 11.2. The number of nitrogens with one attached hydrogen (secondary N) is 2. The number of aromatic nitrogens is 2. The SMILES string of the molecule is CC12CC3CC(N)(C1)CC(C(=O)OCC(CO)OCn1cnc4c1NC(N)NC4=O)(C3)C2. The van der Waals surface area contributed by atoms with Gasteiger partial charge in [-0.15, -0.1) is 0 Å². The summed E-state index contributed by atoms with van der Waals surface area (Å²) < 4.78 is 13.0. The van der Waals surface area contributed by atoms with Crippen molar-refractivity contribution < 1.29 is 24.2 Å². The average Bonchev–Trinajstić information content (AvgIpc) is 3.08. The third-order valence-electron chi connectivity index (χ3n) is 7.51. The number of hydrogen-bond acceptors (Lipinski definition) is 9. The first-order valence-electron chi connectivity index (χ1n) is 11.2. The van der Waals surface area contributed by atoms with Gasteiger partial charge in [0, 0.05) is 5.54 Å². The molecule has 11 nitrogen and oxygen atoms in total. The predicted octanol–water partition coefficient (Wildman–Crippen LogP) is -0.153. The highest BCUT2D eigenvalue weighted by molar-refractivity contribution is 5.98. The molecule has 6 atom stereocenters. The molecule has 1 aromatic rings. The Morgan fingerprint density at radius 3 is 2.88 bits per heavy atom. The maximum absolute atomic E-state index is 13.2. The van der Waals surface area contributed by atoms with Crippen molar-refractivity contribution in [2.24, 2.45) is 28.2 Å². The molecule has 0 saturated heterocycles. The van der Waals surface area contributed by atoms with Crippen LogP contribution < -0.4 is 22.1 Å². The quantitative estimate of drug-likeness (QED) is 0.356. The van der Waals surface area contributed by atoms with Crippen molar-refractivity contribution in [3.63, 3.8) is 0 Å². The van der Waals surface area contributed by atoms with Crippen LogP contribution in [0.2, 0.25) is 0 Å². The van der Waals surface area contributed by atoms with Crippen molar-refractivity contribution >= 4 is 17.7 Å². The molecule has 4 saturated carbocycles. The van der Waals surface area contributed by atoms with Crippen LogP contribution in [-0.4, -0.2) is 57.7 Å². The monoisotopic (exact) mass is 448 g/mol. The van der Waals surface area contributed by atoms with Gasteiger partial charge in [-0.3, -0.25) is 19.9 Å². The molecule has 5 aliphatic rings. The van der Waals surface area contributed by atoms with Crippen molar-refractivity contribution in [2.75, 3.05) is 18.5 Å². The Balaban J connectivity index is 1.20. The fourth-order valence-electron chi connectivity index (χ4n) is 7.08. The van der Waals surface area contributed by atoms with Gasteiger partial charge in [-0.1, -0.05) is 6.92 Å². The molecule has 0 spiro atoms. The van der Waals surface area contributed by atoms with Crippen molar-refractivity contribution in [1.82, 2.24) is 14.9 Å². The van der Waals surface area contributed by atoms with Gasteiger partial charge in [-0.2, -0.15) is 0 Å². The van der Waals surface area contributed by atoms with Gasteiger partial charge in [0.2, 0.25) is 0 Å². The van der Waals surface area contributed by atoms with Gasteiger partial charge in [-0.25, -0.2) is 4.98 Å². The predicted molar refractivity (Wildman–Crippen MR) is 113 cm³/mol. The van der Waals surface area contributed by atoms with E-state index in [9.17, 15) is 14.7 Å². The van der Waals surface area contributed by atoms with Gasteiger partial charge >= 0.3 is 5.97 Å². The van der Waals surface area contributed by atoms with E-state index in [1.54, 1.807) is 4.57 Å². The number of ether oxygens (including phenoxy) is 2. The van der Waals surface area contributed by atoms with E-state index in [1.165, 1.54) is 6.33 Å². The molecular formula is C21H32N6O5. The molecule has 1 aromatic heterocycles. The van der Waals surface area contributed by atoms with Crippen LogP contribution in [0.3, 0.4) is 0 Å². The first-order chi connectivity index (χ1) is 15.1. The molecule has 176 valence electrons. The normalized spacial score (nSPS) is 38.1. The van der Waals surface area contributed by atoms with Gasteiger partial charge in [-0.05, 0) is 49.9 Å². The molecule has 11 heteroatoms. The maximum Gasteiger partial charge on any atom is 0.312 e. The highest BCUT2D eigenvalue weighted by Gasteiger charge is 2.63. The summed E-state index contributed by atoms with van der Waals surface area (Å²) in [6, 6.07) is 0. The second-order valence-electron chi connectivity index (χ2n) is 10.7. The Hall–Kier alpha value is -2.21. The minimum Gasteiger partial charge on any atom is -0.462 e. The standard InChI is InChI=1S/C21H32N6O5/c1-19-2-12-3-20(7-19,9-21(23,4-12)8-19)17(30)31-6-13(5-28)32-11-27-10-24-14-15(27)25-18(22)26-16(14)29/h10,12-13,18,25,28H,2-9,11,22-23H2,1H3,(H,26,29). The summed E-state index contributed by atoms with van der Waals surface area (Å²) in [5, 5.41) is 15.2. The Labute approximate surface area is 186 Å². The lowest BCUT2D eigenvalue weighted by Gasteiger charge is -2.63. The Morgan fingerprint density at radius 2 is 2.16 bits per heavy atom. The van der Waals surface area contributed by atoms with Crippen molar-refractivity contribution in [3.05, 3.63) is 12.0 Å². The molecule has 1 amide bonds. The van der Waals surface area contributed by atoms with Crippen molar-refractivity contribution in [1.29, 1.82) is 0 Å². The number of anilines is 1. The van der Waals surface area contributed by atoms with Crippen molar-refractivity contribution in [2.45, 2.75) is 70.1 Å². The third-order valence-corrected chi connectivity index (χ3v) is 7.51. The summed E-state index contributed by atoms with van der Waals surface area (Å²) in [7, 11) is 0. The number of fused-ring (bicyclic) bond motifs is 1. The van der Waals surface area contributed by atoms with Gasteiger partial charge in [0.15, 0.2) is 12.0 Å². The fraction of sp³-hybridized carbons (Fsp3) is 0.762. The fourth-order valence-corrected chi connectivity index (χ4v) is 7.08. The Bertz CT molecular complexity index is 916. The minimum atomic E-state index is -0.729. The van der Waals surface area contributed by atoms with E-state index >= 15 is 0 Å². The Kier molecular flexibility index (Phi) is 5.01. The number of aliphatic hydroxyl groups excluding tert-OH is 1. The number of carbonyl (C=O) groups is 2. The zero-order chi connectivity index (χ0) is 22.7. The number of esters is 1. The van der Waals surface area contributed by atoms with Crippen LogP contribution in [0.5, 0.6) is 0 Å². The van der Waals surface area contributed by atoms with Crippen LogP contribution in [0.15, 0.2) is 6.33 Å². The zero-order valence-electron chi connectivity index (χ0n) is 18.3. The van der Waals surface area contributed by atoms with Crippen molar-refractivity contribution in [3.8, 4) is 0 Å². The largest absolute Gasteiger partial charge is 0.462 e. The topological polar surface area (TPSA) is 167 Å². The van der Waals surface area contributed by atoms with Crippen LogP contribution in [0.25, 0.3) is 0 Å². The lowest BCUT2D eigenvalue weighted by molar-refractivity contribution is -0.186. The second kappa shape index (κ2) is 7.41. The first kappa shape index (κ1) is 21.6. The number of nitrogens with two attached hydrogens (primary N) is 2. The van der Waals surface area contributed by atoms with E-state index in [-0.39, 0.29) is 48.5 Å². The van der Waals surface area contributed by atoms with Crippen LogP contribution in [-0.2, 0) is 21.0 Å². The highest BCUT2D eigenvalue weighted by Crippen LogP contribution is 2.66. The number of imidazole rings is 1. The third kappa shape index (κ3) is 3.66. The number of hydrogen-bond donors (Lipinski definition) is 5. The second-order valence-corrected chi connectivity index (χ2v) is 10.7. The van der Waals surface area contributed by atoms with Crippen LogP contribution in [0.1, 0.15) is 55.9 Å². The maximum atomic E-state index is 13.2. The number of nitrogens with zero attached hydrogens (tertiary/aromatic N) is 2. The zero-order valence-corrected chi connectivity index (χ0v) is 18.3. The summed E-state index contributed by atoms with van der Waals surface area (Å²) in [5.74, 6) is 0.306. The van der Waals surface area contributed by atoms with E-state index in [2.05, 4.69) is 22.5 Å². The molecular weight excluding hydrogens is 416 g/mol. The molecule has 4 bridgehead atoms. The van der Waals surface area contributed by atoms with Crippen LogP contribution >= 0.6 is 0 Å². The van der Waals surface area contributed by atoms with Crippen LogP contribution in [0, 0.1) is 16.7 Å². The lowest BCUT2D eigenvalue weighted by Crippen LogP contribution is -2.65. The molecule has 7 N–H and O–H groups in total. The van der Waals surface area contributed by atoms with Gasteiger partial charge in [0.05, 0.1) is 18.3 Å². The van der Waals surface area contributed by atoms with Gasteiger partial charge in [0.25, 0.3) is 5.91 Å².